The van der Waals surface area contributed by atoms with Crippen LogP contribution in [0.3, 0.4) is 0 Å². The van der Waals surface area contributed by atoms with Crippen molar-refractivity contribution in [3.05, 3.63) is 23.5 Å². The molecule has 0 aromatic rings. The number of aliphatic hydroxyl groups excluding tert-OH is 5. The van der Waals surface area contributed by atoms with Crippen molar-refractivity contribution in [1.82, 2.24) is 0 Å². The Labute approximate surface area is 272 Å². The fourth-order valence-electron chi connectivity index (χ4n) is 6.53. The van der Waals surface area contributed by atoms with Gasteiger partial charge in [-0.2, -0.15) is 0 Å². The molecule has 1 aliphatic carbocycles. The van der Waals surface area contributed by atoms with Crippen LogP contribution in [0.5, 0.6) is 0 Å². The van der Waals surface area contributed by atoms with Crippen molar-refractivity contribution in [3.8, 4) is 0 Å². The molecule has 8 N–H and O–H groups in total. The van der Waals surface area contributed by atoms with Gasteiger partial charge in [0.2, 0.25) is 6.29 Å². The summed E-state index contributed by atoms with van der Waals surface area (Å²) in [5.41, 5.74) is -3.28. The number of aliphatic hydroxyl groups is 7. The van der Waals surface area contributed by atoms with Gasteiger partial charge in [0.1, 0.15) is 37.1 Å². The summed E-state index contributed by atoms with van der Waals surface area (Å²) in [5, 5.41) is 83.1. The van der Waals surface area contributed by atoms with Crippen LogP contribution in [0.1, 0.15) is 52.9 Å². The number of aliphatic carboxylic acids is 1. The highest BCUT2D eigenvalue weighted by molar-refractivity contribution is 5.88. The van der Waals surface area contributed by atoms with E-state index in [9.17, 15) is 45.3 Å². The molecule has 3 aliphatic heterocycles. The Bertz CT molecular complexity index is 1160. The van der Waals surface area contributed by atoms with Crippen LogP contribution in [0, 0.1) is 17.8 Å². The topological polar surface area (TPSA) is 251 Å². The Kier molecular flexibility index (Phi) is 12.4. The highest BCUT2D eigenvalue weighted by atomic mass is 16.8. The summed E-state index contributed by atoms with van der Waals surface area (Å²) in [6.45, 7) is 3.20. The molecule has 0 amide bonds. The fraction of sp³-hybridized carbons (Fsp3) is 0.806. The molecule has 0 aromatic carbocycles. The Morgan fingerprint density at radius 1 is 1.09 bits per heavy atom. The van der Waals surface area contributed by atoms with E-state index in [2.05, 4.69) is 0 Å². The lowest BCUT2D eigenvalue weighted by Crippen LogP contribution is -2.62. The van der Waals surface area contributed by atoms with E-state index < -0.39 is 104 Å². The first-order chi connectivity index (χ1) is 22.1. The Morgan fingerprint density at radius 3 is 2.47 bits per heavy atom. The van der Waals surface area contributed by atoms with Gasteiger partial charge < -0.3 is 69.3 Å². The van der Waals surface area contributed by atoms with E-state index in [-0.39, 0.29) is 24.5 Å². The number of hydrogen-bond donors (Lipinski definition) is 8. The molecular formula is C31H48O16. The van der Waals surface area contributed by atoms with Crippen molar-refractivity contribution in [2.75, 3.05) is 26.4 Å². The monoisotopic (exact) mass is 676 g/mol. The lowest BCUT2D eigenvalue weighted by Gasteiger charge is -2.45. The third-order valence-corrected chi connectivity index (χ3v) is 9.58. The van der Waals surface area contributed by atoms with Gasteiger partial charge in [-0.25, -0.2) is 9.59 Å². The van der Waals surface area contributed by atoms with Gasteiger partial charge in [-0.1, -0.05) is 13.0 Å². The summed E-state index contributed by atoms with van der Waals surface area (Å²) < 4.78 is 33.8. The molecule has 0 aromatic heterocycles. The third-order valence-electron chi connectivity index (χ3n) is 9.58. The third kappa shape index (κ3) is 8.33. The van der Waals surface area contributed by atoms with Crippen LogP contribution in [0.2, 0.25) is 0 Å². The van der Waals surface area contributed by atoms with E-state index in [4.69, 9.17) is 33.5 Å². The molecule has 268 valence electrons. The molecule has 2 saturated heterocycles. The molecule has 0 spiro atoms. The Hall–Kier alpha value is -2.22. The second-order valence-corrected chi connectivity index (χ2v) is 13.2. The summed E-state index contributed by atoms with van der Waals surface area (Å²) in [6, 6.07) is 0. The summed E-state index contributed by atoms with van der Waals surface area (Å²) in [4.78, 5) is 24.3. The molecule has 4 rings (SSSR count). The first-order valence-corrected chi connectivity index (χ1v) is 15.8. The number of hydrogen-bond acceptors (Lipinski definition) is 15. The fourth-order valence-corrected chi connectivity index (χ4v) is 6.53. The van der Waals surface area contributed by atoms with E-state index in [0.29, 0.717) is 24.8 Å². The largest absolute Gasteiger partial charge is 0.478 e. The summed E-state index contributed by atoms with van der Waals surface area (Å²) in [7, 11) is 0. The van der Waals surface area contributed by atoms with Gasteiger partial charge in [0.05, 0.1) is 36.6 Å². The van der Waals surface area contributed by atoms with Crippen LogP contribution in [-0.2, 0) is 38.0 Å². The van der Waals surface area contributed by atoms with Gasteiger partial charge in [-0.15, -0.1) is 0 Å². The molecule has 3 fully saturated rings. The van der Waals surface area contributed by atoms with Crippen LogP contribution in [-0.4, -0.2) is 140 Å². The smallest absolute Gasteiger partial charge is 0.334 e. The number of fused-ring (bicyclic) bond motifs is 1. The average molecular weight is 677 g/mol. The predicted octanol–water partition coefficient (Wildman–Crippen LogP) is -1.33. The summed E-state index contributed by atoms with van der Waals surface area (Å²) >= 11 is 0. The van der Waals surface area contributed by atoms with Gasteiger partial charge in [-0.3, -0.25) is 0 Å². The van der Waals surface area contributed by atoms with Gasteiger partial charge in [0, 0.05) is 18.1 Å². The average Bonchev–Trinajstić information content (AvgIpc) is 3.50. The van der Waals surface area contributed by atoms with Crippen molar-refractivity contribution < 1.29 is 78.9 Å². The van der Waals surface area contributed by atoms with Crippen molar-refractivity contribution in [2.45, 2.75) is 113 Å². The quantitative estimate of drug-likeness (QED) is 0.0783. The van der Waals surface area contributed by atoms with Gasteiger partial charge in [0.15, 0.2) is 18.2 Å². The van der Waals surface area contributed by atoms with Crippen LogP contribution in [0.15, 0.2) is 23.5 Å². The van der Waals surface area contributed by atoms with Crippen LogP contribution in [0.25, 0.3) is 0 Å². The Balaban J connectivity index is 1.43. The minimum atomic E-state index is -2.11. The molecule has 47 heavy (non-hydrogen) atoms. The number of rotatable bonds is 14. The van der Waals surface area contributed by atoms with Gasteiger partial charge >= 0.3 is 11.9 Å². The maximum Gasteiger partial charge on any atom is 0.334 e. The van der Waals surface area contributed by atoms with E-state index in [0.717, 1.165) is 12.7 Å². The predicted molar refractivity (Wildman–Crippen MR) is 157 cm³/mol. The second kappa shape index (κ2) is 15.6. The van der Waals surface area contributed by atoms with Crippen molar-refractivity contribution in [2.24, 2.45) is 17.8 Å². The van der Waals surface area contributed by atoms with Crippen LogP contribution in [0.4, 0.5) is 0 Å². The number of carbonyl (C=O) groups is 2. The summed E-state index contributed by atoms with van der Waals surface area (Å²) in [5.74, 6) is -3.19. The normalized spacial score (nSPS) is 41.1. The van der Waals surface area contributed by atoms with E-state index in [1.807, 2.05) is 6.92 Å². The van der Waals surface area contributed by atoms with E-state index >= 15 is 0 Å². The van der Waals surface area contributed by atoms with Crippen molar-refractivity contribution in [1.29, 1.82) is 0 Å². The van der Waals surface area contributed by atoms with Crippen molar-refractivity contribution >= 4 is 11.9 Å². The maximum absolute atomic E-state index is 12.5. The molecule has 0 radical (unpaired) electrons. The number of carboxylic acids is 1. The molecule has 1 saturated carbocycles. The minimum absolute atomic E-state index is 0.0468. The lowest BCUT2D eigenvalue weighted by atomic mass is 9.81. The van der Waals surface area contributed by atoms with Crippen molar-refractivity contribution in [3.63, 3.8) is 0 Å². The highest BCUT2D eigenvalue weighted by Gasteiger charge is 2.58. The minimum Gasteiger partial charge on any atom is -0.478 e. The molecule has 13 atom stereocenters. The zero-order chi connectivity index (χ0) is 34.7. The van der Waals surface area contributed by atoms with Gasteiger partial charge in [0.25, 0.3) is 0 Å². The first kappa shape index (κ1) is 37.6. The molecular weight excluding hydrogens is 628 g/mol. The zero-order valence-electron chi connectivity index (χ0n) is 26.7. The van der Waals surface area contributed by atoms with Crippen LogP contribution >= 0.6 is 0 Å². The number of esters is 1. The molecule has 16 nitrogen and oxygen atoms in total. The van der Waals surface area contributed by atoms with Gasteiger partial charge in [-0.05, 0) is 51.9 Å². The van der Waals surface area contributed by atoms with E-state index in [1.165, 1.54) is 6.92 Å². The number of carbonyl (C=O) groups excluding carboxylic acids is 1. The first-order valence-electron chi connectivity index (χ1n) is 15.8. The number of allylic oxidation sites excluding steroid dienone is 1. The maximum atomic E-state index is 12.5. The number of carboxylic acid groups (broad SMARTS) is 1. The highest BCUT2D eigenvalue weighted by Crippen LogP contribution is 2.49. The Morgan fingerprint density at radius 2 is 1.81 bits per heavy atom. The SMILES string of the molecule is CC(=CCCC(C)CCO)C(=O)OCC1(O)COC(OC2C(OC3OC=C(C(=O)O)C4CCC(C)(O)C34)OC(CO)C(O)C2O)C1O. The summed E-state index contributed by atoms with van der Waals surface area (Å²) in [6.07, 6.45) is -7.54. The molecule has 13 unspecified atom stereocenters. The van der Waals surface area contributed by atoms with Crippen LogP contribution < -0.4 is 0 Å². The standard InChI is InChI=1S/C31H48O16/c1-15(8-10-32)5-4-6-16(2)26(39)43-13-31(41)14-44-29(24(31)36)46-23-22(35)21(34)19(11-33)45-28(23)47-27-20-17(7-9-30(20,3)40)18(12-42-27)25(37)38/h6,12,15,17,19-24,27-29,32-36,40-41H,4-5,7-11,13-14H2,1-3H3,(H,37,38). The molecule has 0 bridgehead atoms. The molecule has 4 aliphatic rings. The zero-order valence-corrected chi connectivity index (χ0v) is 26.7. The van der Waals surface area contributed by atoms with E-state index in [1.54, 1.807) is 13.0 Å². The molecule has 3 heterocycles. The molecule has 16 heteroatoms. The number of ether oxygens (including phenoxy) is 6. The lowest BCUT2D eigenvalue weighted by molar-refractivity contribution is -0.368. The second-order valence-electron chi connectivity index (χ2n) is 13.2.